The molecule has 0 aliphatic heterocycles. The van der Waals surface area contributed by atoms with Crippen molar-refractivity contribution in [2.24, 2.45) is 0 Å². The smallest absolute Gasteiger partial charge is 0.123 e. The summed E-state index contributed by atoms with van der Waals surface area (Å²) in [5.74, 6) is 1.51. The molecule has 1 unspecified atom stereocenters. The molecule has 0 radical (unpaired) electrons. The number of rotatable bonds is 6. The second-order valence-corrected chi connectivity index (χ2v) is 6.32. The van der Waals surface area contributed by atoms with E-state index in [2.05, 4.69) is 4.98 Å². The summed E-state index contributed by atoms with van der Waals surface area (Å²) in [4.78, 5) is 4.46. The Kier molecular flexibility index (Phi) is 5.07. The molecule has 1 aromatic heterocycles. The number of ether oxygens (including phenoxy) is 1. The molecule has 0 amide bonds. The van der Waals surface area contributed by atoms with E-state index in [0.717, 1.165) is 22.0 Å². The van der Waals surface area contributed by atoms with Crippen molar-refractivity contribution < 1.29 is 14.1 Å². The van der Waals surface area contributed by atoms with E-state index in [1.165, 1.54) is 11.3 Å². The van der Waals surface area contributed by atoms with Crippen LogP contribution in [-0.2, 0) is 16.6 Å². The Hall–Kier alpha value is -1.24. The second kappa shape index (κ2) is 6.79. The number of nitrogens with zero attached hydrogens (tertiary/aromatic N) is 1. The number of aliphatic hydroxyl groups excluding tert-OH is 1. The van der Waals surface area contributed by atoms with Crippen LogP contribution in [-0.4, -0.2) is 33.8 Å². The van der Waals surface area contributed by atoms with Gasteiger partial charge < -0.3 is 9.84 Å². The molecule has 1 N–H and O–H groups in total. The molecule has 1 heterocycles. The van der Waals surface area contributed by atoms with E-state index in [1.807, 2.05) is 29.6 Å². The van der Waals surface area contributed by atoms with Crippen LogP contribution in [0.25, 0.3) is 10.6 Å². The Bertz CT molecular complexity index is 551. The van der Waals surface area contributed by atoms with E-state index in [4.69, 9.17) is 9.84 Å². The van der Waals surface area contributed by atoms with Gasteiger partial charge in [0.1, 0.15) is 10.8 Å². The van der Waals surface area contributed by atoms with Gasteiger partial charge in [0.25, 0.3) is 0 Å². The summed E-state index contributed by atoms with van der Waals surface area (Å²) in [5.41, 5.74) is 1.83. The summed E-state index contributed by atoms with van der Waals surface area (Å²) in [7, 11) is 0.587. The molecule has 0 aliphatic carbocycles. The first-order valence-electron chi connectivity index (χ1n) is 5.77. The Balaban J connectivity index is 2.09. The number of hydrogen-bond acceptors (Lipinski definition) is 5. The third kappa shape index (κ3) is 3.86. The predicted octanol–water partition coefficient (Wildman–Crippen LogP) is 2.06. The highest BCUT2D eigenvalue weighted by Crippen LogP contribution is 2.26. The zero-order valence-electron chi connectivity index (χ0n) is 10.5. The lowest BCUT2D eigenvalue weighted by atomic mass is 10.2. The highest BCUT2D eigenvalue weighted by Gasteiger charge is 2.08. The summed E-state index contributed by atoms with van der Waals surface area (Å²) in [6, 6.07) is 7.68. The van der Waals surface area contributed by atoms with E-state index >= 15 is 0 Å². The van der Waals surface area contributed by atoms with Crippen molar-refractivity contribution in [3.63, 3.8) is 0 Å². The number of aromatic nitrogens is 1. The molecule has 0 spiro atoms. The quantitative estimate of drug-likeness (QED) is 0.886. The topological polar surface area (TPSA) is 59.4 Å². The number of benzene rings is 1. The molecule has 6 heteroatoms. The third-order valence-corrected chi connectivity index (χ3v) is 4.71. The van der Waals surface area contributed by atoms with Crippen LogP contribution in [0.4, 0.5) is 0 Å². The van der Waals surface area contributed by atoms with Gasteiger partial charge in [-0.1, -0.05) is 0 Å². The number of hydrogen-bond donors (Lipinski definition) is 1. The number of thiazole rings is 1. The van der Waals surface area contributed by atoms with Gasteiger partial charge in [-0.2, -0.15) is 0 Å². The molecule has 4 nitrogen and oxygen atoms in total. The first kappa shape index (κ1) is 14.2. The first-order valence-corrected chi connectivity index (χ1v) is 8.14. The lowest BCUT2D eigenvalue weighted by Crippen LogP contribution is -2.04. The standard InChI is InChI=1S/C13H15NO3S2/c1-17-12-4-2-10(3-5-12)13-14-11(8-18-13)9-19(16)7-6-15/h2-5,8,15H,6-7,9H2,1H3. The summed E-state index contributed by atoms with van der Waals surface area (Å²) in [6.07, 6.45) is 0. The van der Waals surface area contributed by atoms with Gasteiger partial charge in [0.05, 0.1) is 25.2 Å². The van der Waals surface area contributed by atoms with Crippen LogP contribution in [0.3, 0.4) is 0 Å². The van der Waals surface area contributed by atoms with Gasteiger partial charge in [-0.3, -0.25) is 4.21 Å². The van der Waals surface area contributed by atoms with Crippen LogP contribution in [0.2, 0.25) is 0 Å². The van der Waals surface area contributed by atoms with Crippen LogP contribution in [0.1, 0.15) is 5.69 Å². The van der Waals surface area contributed by atoms with Crippen molar-refractivity contribution in [3.8, 4) is 16.3 Å². The van der Waals surface area contributed by atoms with Gasteiger partial charge in [0.15, 0.2) is 0 Å². The molecule has 0 fully saturated rings. The van der Waals surface area contributed by atoms with Crippen LogP contribution in [0, 0.1) is 0 Å². The maximum absolute atomic E-state index is 11.5. The fraction of sp³-hybridized carbons (Fsp3) is 0.308. The van der Waals surface area contributed by atoms with E-state index in [1.54, 1.807) is 7.11 Å². The molecule has 0 saturated carbocycles. The van der Waals surface area contributed by atoms with Gasteiger partial charge in [-0.15, -0.1) is 11.3 Å². The highest BCUT2D eigenvalue weighted by atomic mass is 32.2. The molecule has 2 rings (SSSR count). The predicted molar refractivity (Wildman–Crippen MR) is 77.9 cm³/mol. The lowest BCUT2D eigenvalue weighted by Gasteiger charge is -2.00. The van der Waals surface area contributed by atoms with Gasteiger partial charge >= 0.3 is 0 Å². The molecular weight excluding hydrogens is 282 g/mol. The van der Waals surface area contributed by atoms with Gasteiger partial charge in [0, 0.05) is 27.5 Å². The van der Waals surface area contributed by atoms with Crippen molar-refractivity contribution in [1.29, 1.82) is 0 Å². The van der Waals surface area contributed by atoms with E-state index in [9.17, 15) is 4.21 Å². The largest absolute Gasteiger partial charge is 0.497 e. The highest BCUT2D eigenvalue weighted by molar-refractivity contribution is 7.84. The van der Waals surface area contributed by atoms with Crippen LogP contribution >= 0.6 is 11.3 Å². The molecule has 19 heavy (non-hydrogen) atoms. The van der Waals surface area contributed by atoms with Crippen molar-refractivity contribution >= 4 is 22.1 Å². The average Bonchev–Trinajstić information content (AvgIpc) is 2.87. The molecule has 1 atom stereocenters. The fourth-order valence-electron chi connectivity index (χ4n) is 1.58. The molecular formula is C13H15NO3S2. The zero-order valence-corrected chi connectivity index (χ0v) is 12.2. The minimum Gasteiger partial charge on any atom is -0.497 e. The summed E-state index contributed by atoms with van der Waals surface area (Å²) < 4.78 is 16.6. The van der Waals surface area contributed by atoms with Crippen LogP contribution in [0.5, 0.6) is 5.75 Å². The minimum absolute atomic E-state index is 0.0535. The third-order valence-electron chi connectivity index (χ3n) is 2.52. The maximum atomic E-state index is 11.5. The van der Waals surface area contributed by atoms with Gasteiger partial charge in [-0.05, 0) is 24.3 Å². The van der Waals surface area contributed by atoms with Gasteiger partial charge in [-0.25, -0.2) is 4.98 Å². The zero-order chi connectivity index (χ0) is 13.7. The Morgan fingerprint density at radius 1 is 1.37 bits per heavy atom. The normalized spacial score (nSPS) is 12.3. The molecule has 1 aromatic carbocycles. The Morgan fingerprint density at radius 3 is 2.74 bits per heavy atom. The molecule has 102 valence electrons. The summed E-state index contributed by atoms with van der Waals surface area (Å²) in [5, 5.41) is 11.5. The van der Waals surface area contributed by atoms with E-state index in [-0.39, 0.29) is 6.61 Å². The number of aliphatic hydroxyl groups is 1. The second-order valence-electron chi connectivity index (χ2n) is 3.88. The lowest BCUT2D eigenvalue weighted by molar-refractivity contribution is 0.321. The average molecular weight is 297 g/mol. The summed E-state index contributed by atoms with van der Waals surface area (Å²) in [6.45, 7) is -0.0535. The monoisotopic (exact) mass is 297 g/mol. The molecule has 0 bridgehead atoms. The molecule has 2 aromatic rings. The Labute approximate surface area is 118 Å². The molecule has 0 aliphatic rings. The molecule has 0 saturated heterocycles. The van der Waals surface area contributed by atoms with E-state index < -0.39 is 10.8 Å². The van der Waals surface area contributed by atoms with Crippen molar-refractivity contribution in [2.75, 3.05) is 19.5 Å². The first-order chi connectivity index (χ1) is 9.22. The van der Waals surface area contributed by atoms with Gasteiger partial charge in [0.2, 0.25) is 0 Å². The van der Waals surface area contributed by atoms with E-state index in [0.29, 0.717) is 11.5 Å². The van der Waals surface area contributed by atoms with Crippen molar-refractivity contribution in [2.45, 2.75) is 5.75 Å². The Morgan fingerprint density at radius 2 is 2.11 bits per heavy atom. The van der Waals surface area contributed by atoms with Crippen LogP contribution in [0.15, 0.2) is 29.6 Å². The fourth-order valence-corrected chi connectivity index (χ4v) is 3.34. The van der Waals surface area contributed by atoms with Crippen molar-refractivity contribution in [3.05, 3.63) is 35.3 Å². The summed E-state index contributed by atoms with van der Waals surface area (Å²) >= 11 is 1.53. The van der Waals surface area contributed by atoms with Crippen LogP contribution < -0.4 is 4.74 Å². The SMILES string of the molecule is COc1ccc(-c2nc(CS(=O)CCO)cs2)cc1. The minimum atomic E-state index is -1.05. The maximum Gasteiger partial charge on any atom is 0.123 e. The number of methoxy groups -OCH3 is 1. The van der Waals surface area contributed by atoms with Crippen molar-refractivity contribution in [1.82, 2.24) is 4.98 Å².